The molecular weight excluding hydrogens is 264 g/mol. The molecule has 1 aliphatic heterocycles. The van der Waals surface area contributed by atoms with Crippen LogP contribution in [0.4, 0.5) is 5.95 Å². The van der Waals surface area contributed by atoms with Crippen molar-refractivity contribution >= 4 is 23.1 Å². The molecule has 3 heterocycles. The van der Waals surface area contributed by atoms with E-state index in [0.29, 0.717) is 29.8 Å². The van der Waals surface area contributed by atoms with E-state index in [1.54, 1.807) is 23.0 Å². The second kappa shape index (κ2) is 4.63. The van der Waals surface area contributed by atoms with Gasteiger partial charge in [0.25, 0.3) is 5.56 Å². The Morgan fingerprint density at radius 2 is 2.00 bits per heavy atom. The van der Waals surface area contributed by atoms with Crippen LogP contribution < -0.4 is 5.56 Å². The maximum absolute atomic E-state index is 12.6. The molecule has 0 amide bonds. The van der Waals surface area contributed by atoms with E-state index in [1.807, 2.05) is 30.3 Å². The van der Waals surface area contributed by atoms with Crippen molar-refractivity contribution in [1.29, 1.82) is 0 Å². The van der Waals surface area contributed by atoms with Crippen molar-refractivity contribution in [3.63, 3.8) is 0 Å². The lowest BCUT2D eigenvalue weighted by Gasteiger charge is -2.07. The SMILES string of the molecule is O=c1c2c(Cc3ccccc3)nccc2nc2n1CC=N2. The quantitative estimate of drug-likeness (QED) is 0.720. The molecule has 3 aromatic rings. The molecular formula is C16H12N4O. The topological polar surface area (TPSA) is 60.1 Å². The molecule has 102 valence electrons. The highest BCUT2D eigenvalue weighted by Gasteiger charge is 2.16. The predicted molar refractivity (Wildman–Crippen MR) is 81.2 cm³/mol. The number of rotatable bonds is 2. The van der Waals surface area contributed by atoms with Gasteiger partial charge in [0.1, 0.15) is 0 Å². The summed E-state index contributed by atoms with van der Waals surface area (Å²) in [6.45, 7) is 0.483. The fraction of sp³-hybridized carbons (Fsp3) is 0.125. The Morgan fingerprint density at radius 1 is 1.14 bits per heavy atom. The van der Waals surface area contributed by atoms with Gasteiger partial charge < -0.3 is 0 Å². The van der Waals surface area contributed by atoms with Crippen molar-refractivity contribution in [2.75, 3.05) is 0 Å². The second-order valence-electron chi connectivity index (χ2n) is 4.95. The van der Waals surface area contributed by atoms with Crippen LogP contribution in [0.25, 0.3) is 10.9 Å². The average Bonchev–Trinajstić information content (AvgIpc) is 2.97. The molecule has 5 heteroatoms. The number of hydrogen-bond acceptors (Lipinski definition) is 4. The van der Waals surface area contributed by atoms with E-state index in [2.05, 4.69) is 15.0 Å². The van der Waals surface area contributed by atoms with Crippen molar-refractivity contribution in [2.45, 2.75) is 13.0 Å². The van der Waals surface area contributed by atoms with Crippen LogP contribution in [-0.2, 0) is 13.0 Å². The summed E-state index contributed by atoms with van der Waals surface area (Å²) in [5.74, 6) is 0.476. The Balaban J connectivity index is 1.93. The molecule has 0 bridgehead atoms. The van der Waals surface area contributed by atoms with E-state index in [-0.39, 0.29) is 5.56 Å². The van der Waals surface area contributed by atoms with Crippen LogP contribution >= 0.6 is 0 Å². The summed E-state index contributed by atoms with van der Waals surface area (Å²) in [6.07, 6.45) is 4.02. The lowest BCUT2D eigenvalue weighted by atomic mass is 10.1. The summed E-state index contributed by atoms with van der Waals surface area (Å²) in [4.78, 5) is 25.6. The monoisotopic (exact) mass is 276 g/mol. The van der Waals surface area contributed by atoms with E-state index in [0.717, 1.165) is 11.3 Å². The molecule has 0 saturated heterocycles. The first-order chi connectivity index (χ1) is 10.3. The molecule has 0 atom stereocenters. The first kappa shape index (κ1) is 12.0. The number of hydrogen-bond donors (Lipinski definition) is 0. The Hall–Kier alpha value is -2.82. The molecule has 1 aliphatic rings. The third-order valence-corrected chi connectivity index (χ3v) is 3.61. The van der Waals surface area contributed by atoms with Gasteiger partial charge in [0.2, 0.25) is 5.95 Å². The van der Waals surface area contributed by atoms with Crippen LogP contribution in [0.1, 0.15) is 11.3 Å². The van der Waals surface area contributed by atoms with Crippen molar-refractivity contribution in [1.82, 2.24) is 14.5 Å². The van der Waals surface area contributed by atoms with Crippen molar-refractivity contribution in [3.05, 3.63) is 64.2 Å². The Kier molecular flexibility index (Phi) is 2.64. The Bertz CT molecular complexity index is 913. The first-order valence-electron chi connectivity index (χ1n) is 6.78. The molecule has 21 heavy (non-hydrogen) atoms. The summed E-state index contributed by atoms with van der Waals surface area (Å²) in [6, 6.07) is 11.8. The van der Waals surface area contributed by atoms with Crippen molar-refractivity contribution in [2.24, 2.45) is 4.99 Å². The summed E-state index contributed by atoms with van der Waals surface area (Å²) in [7, 11) is 0. The summed E-state index contributed by atoms with van der Waals surface area (Å²) < 4.78 is 1.58. The lowest BCUT2D eigenvalue weighted by Crippen LogP contribution is -2.21. The van der Waals surface area contributed by atoms with E-state index in [1.165, 1.54) is 0 Å². The maximum Gasteiger partial charge on any atom is 0.265 e. The van der Waals surface area contributed by atoms with Gasteiger partial charge in [-0.05, 0) is 11.6 Å². The van der Waals surface area contributed by atoms with Crippen LogP contribution in [0.3, 0.4) is 0 Å². The first-order valence-corrected chi connectivity index (χ1v) is 6.78. The van der Waals surface area contributed by atoms with Crippen molar-refractivity contribution in [3.8, 4) is 0 Å². The molecule has 0 unspecified atom stereocenters. The molecule has 0 aliphatic carbocycles. The second-order valence-corrected chi connectivity index (χ2v) is 4.95. The zero-order chi connectivity index (χ0) is 14.2. The molecule has 0 radical (unpaired) electrons. The highest BCUT2D eigenvalue weighted by atomic mass is 16.1. The molecule has 4 rings (SSSR count). The molecule has 5 nitrogen and oxygen atoms in total. The molecule has 0 N–H and O–H groups in total. The van der Waals surface area contributed by atoms with Crippen LogP contribution in [0.5, 0.6) is 0 Å². The average molecular weight is 276 g/mol. The number of fused-ring (bicyclic) bond motifs is 2. The minimum Gasteiger partial charge on any atom is -0.271 e. The molecule has 1 aromatic carbocycles. The zero-order valence-electron chi connectivity index (χ0n) is 11.2. The number of aliphatic imine (C=N–C) groups is 1. The summed E-state index contributed by atoms with van der Waals surface area (Å²) >= 11 is 0. The number of pyridine rings is 1. The smallest absolute Gasteiger partial charge is 0.265 e. The van der Waals surface area contributed by atoms with Gasteiger partial charge in [-0.2, -0.15) is 0 Å². The normalized spacial score (nSPS) is 12.8. The molecule has 0 fully saturated rings. The Morgan fingerprint density at radius 3 is 2.86 bits per heavy atom. The number of nitrogens with zero attached hydrogens (tertiary/aromatic N) is 4. The minimum absolute atomic E-state index is 0.0634. The highest BCUT2D eigenvalue weighted by Crippen LogP contribution is 2.19. The van der Waals surface area contributed by atoms with E-state index >= 15 is 0 Å². The minimum atomic E-state index is -0.0634. The number of benzene rings is 1. The molecule has 0 saturated carbocycles. The largest absolute Gasteiger partial charge is 0.271 e. The van der Waals surface area contributed by atoms with E-state index in [4.69, 9.17) is 0 Å². The highest BCUT2D eigenvalue weighted by molar-refractivity contribution is 5.82. The van der Waals surface area contributed by atoms with Gasteiger partial charge >= 0.3 is 0 Å². The van der Waals surface area contributed by atoms with Gasteiger partial charge in [0, 0.05) is 18.8 Å². The van der Waals surface area contributed by atoms with Gasteiger partial charge in [0.05, 0.1) is 23.1 Å². The Labute approximate surface area is 120 Å². The zero-order valence-corrected chi connectivity index (χ0v) is 11.2. The lowest BCUT2D eigenvalue weighted by molar-refractivity contribution is 0.833. The standard InChI is InChI=1S/C16H12N4O/c21-15-14-12(19-16-18-8-9-20(15)16)6-7-17-13(14)10-11-4-2-1-3-5-11/h1-8H,9-10H2. The van der Waals surface area contributed by atoms with Gasteiger partial charge in [-0.1, -0.05) is 30.3 Å². The summed E-state index contributed by atoms with van der Waals surface area (Å²) in [5.41, 5.74) is 2.48. The van der Waals surface area contributed by atoms with Gasteiger partial charge in [-0.3, -0.25) is 14.3 Å². The van der Waals surface area contributed by atoms with E-state index in [9.17, 15) is 4.79 Å². The number of aromatic nitrogens is 3. The fourth-order valence-electron chi connectivity index (χ4n) is 2.60. The third-order valence-electron chi connectivity index (χ3n) is 3.61. The van der Waals surface area contributed by atoms with Crippen LogP contribution in [0.2, 0.25) is 0 Å². The van der Waals surface area contributed by atoms with Crippen LogP contribution in [0.15, 0.2) is 52.4 Å². The van der Waals surface area contributed by atoms with Crippen LogP contribution in [0, 0.1) is 0 Å². The van der Waals surface area contributed by atoms with E-state index < -0.39 is 0 Å². The predicted octanol–water partition coefficient (Wildman–Crippen LogP) is 2.10. The van der Waals surface area contributed by atoms with Crippen molar-refractivity contribution < 1.29 is 0 Å². The van der Waals surface area contributed by atoms with Crippen LogP contribution in [-0.4, -0.2) is 20.7 Å². The van der Waals surface area contributed by atoms with Gasteiger partial charge in [-0.15, -0.1) is 0 Å². The molecule has 0 spiro atoms. The molecule has 2 aromatic heterocycles. The summed E-state index contributed by atoms with van der Waals surface area (Å²) in [5, 5.41) is 0.593. The third kappa shape index (κ3) is 1.94. The fourth-order valence-corrected chi connectivity index (χ4v) is 2.60. The van der Waals surface area contributed by atoms with Gasteiger partial charge in [-0.25, -0.2) is 9.98 Å². The van der Waals surface area contributed by atoms with Gasteiger partial charge in [0.15, 0.2) is 0 Å². The maximum atomic E-state index is 12.6.